The Balaban J connectivity index is 1.24. The van der Waals surface area contributed by atoms with Gasteiger partial charge in [-0.2, -0.15) is 4.98 Å². The first kappa shape index (κ1) is 20.7. The molecule has 1 aliphatic rings. The van der Waals surface area contributed by atoms with Crippen molar-refractivity contribution in [2.24, 2.45) is 0 Å². The highest BCUT2D eigenvalue weighted by molar-refractivity contribution is 5.61. The molecule has 4 aromatic rings. The van der Waals surface area contributed by atoms with Crippen LogP contribution in [0, 0.1) is 0 Å². The Hall–Kier alpha value is -4.14. The summed E-state index contributed by atoms with van der Waals surface area (Å²) in [7, 11) is 3.33. The highest BCUT2D eigenvalue weighted by atomic mass is 16.5. The number of nitrogens with zero attached hydrogens (tertiary/aromatic N) is 6. The summed E-state index contributed by atoms with van der Waals surface area (Å²) in [4.78, 5) is 9.01. The fourth-order valence-electron chi connectivity index (χ4n) is 3.86. The molecule has 0 bridgehead atoms. The van der Waals surface area contributed by atoms with Gasteiger partial charge in [-0.15, -0.1) is 10.2 Å². The molecular weight excluding hydrogens is 420 g/mol. The Morgan fingerprint density at radius 3 is 2.24 bits per heavy atom. The Morgan fingerprint density at radius 1 is 0.788 bits per heavy atom. The lowest BCUT2D eigenvalue weighted by molar-refractivity contribution is 0.413. The van der Waals surface area contributed by atoms with Gasteiger partial charge in [0.2, 0.25) is 5.82 Å². The molecule has 3 heterocycles. The maximum atomic E-state index is 5.50. The van der Waals surface area contributed by atoms with Gasteiger partial charge in [0.05, 0.1) is 19.9 Å². The number of rotatable bonds is 6. The third-order valence-electron chi connectivity index (χ3n) is 5.67. The molecule has 2 aromatic carbocycles. The number of para-hydroxylation sites is 2. The van der Waals surface area contributed by atoms with Gasteiger partial charge in [-0.1, -0.05) is 17.3 Å². The van der Waals surface area contributed by atoms with Crippen LogP contribution in [0.5, 0.6) is 11.5 Å². The summed E-state index contributed by atoms with van der Waals surface area (Å²) < 4.78 is 16.1. The van der Waals surface area contributed by atoms with E-state index in [0.29, 0.717) is 17.4 Å². The molecule has 0 aliphatic carbocycles. The SMILES string of the molecule is COc1ccc(-c2noc(-c3ccc(N4CCN(c5ccccc5OC)CC4)nn3)n2)cc1. The zero-order chi connectivity index (χ0) is 22.6. The Morgan fingerprint density at radius 2 is 1.55 bits per heavy atom. The highest BCUT2D eigenvalue weighted by Crippen LogP contribution is 2.29. The molecule has 0 radical (unpaired) electrons. The smallest absolute Gasteiger partial charge is 0.278 e. The minimum absolute atomic E-state index is 0.334. The van der Waals surface area contributed by atoms with Crippen LogP contribution in [0.3, 0.4) is 0 Å². The first-order chi connectivity index (χ1) is 16.2. The average molecular weight is 444 g/mol. The first-order valence-corrected chi connectivity index (χ1v) is 10.7. The van der Waals surface area contributed by atoms with Gasteiger partial charge in [0, 0.05) is 31.7 Å². The van der Waals surface area contributed by atoms with Crippen LogP contribution in [0.25, 0.3) is 23.0 Å². The number of methoxy groups -OCH3 is 2. The normalized spacial score (nSPS) is 13.8. The van der Waals surface area contributed by atoms with Crippen LogP contribution in [0.15, 0.2) is 65.2 Å². The van der Waals surface area contributed by atoms with E-state index < -0.39 is 0 Å². The molecule has 168 valence electrons. The van der Waals surface area contributed by atoms with Crippen LogP contribution < -0.4 is 19.3 Å². The third kappa shape index (κ3) is 4.30. The number of aromatic nitrogens is 4. The van der Waals surface area contributed by atoms with Gasteiger partial charge in [0.15, 0.2) is 11.5 Å². The minimum Gasteiger partial charge on any atom is -0.497 e. The molecule has 33 heavy (non-hydrogen) atoms. The topological polar surface area (TPSA) is 89.6 Å². The fraction of sp³-hybridized carbons (Fsp3) is 0.250. The van der Waals surface area contributed by atoms with Gasteiger partial charge >= 0.3 is 0 Å². The summed E-state index contributed by atoms with van der Waals surface area (Å²) in [5.41, 5.74) is 2.49. The van der Waals surface area contributed by atoms with Crippen LogP contribution in [0.4, 0.5) is 11.5 Å². The number of piperazine rings is 1. The molecule has 9 nitrogen and oxygen atoms in total. The summed E-state index contributed by atoms with van der Waals surface area (Å²) in [6, 6.07) is 19.4. The second-order valence-electron chi connectivity index (χ2n) is 7.57. The van der Waals surface area contributed by atoms with E-state index in [-0.39, 0.29) is 0 Å². The minimum atomic E-state index is 0.334. The van der Waals surface area contributed by atoms with Crippen molar-refractivity contribution < 1.29 is 14.0 Å². The van der Waals surface area contributed by atoms with E-state index in [2.05, 4.69) is 36.2 Å². The summed E-state index contributed by atoms with van der Waals surface area (Å²) in [5.74, 6) is 3.32. The zero-order valence-corrected chi connectivity index (χ0v) is 18.5. The molecule has 1 aliphatic heterocycles. The van der Waals surface area contributed by atoms with Crippen molar-refractivity contribution in [1.29, 1.82) is 0 Å². The Kier molecular flexibility index (Phi) is 5.75. The Bertz CT molecular complexity index is 1200. The monoisotopic (exact) mass is 444 g/mol. The molecular formula is C24H24N6O3. The van der Waals surface area contributed by atoms with E-state index >= 15 is 0 Å². The molecule has 1 fully saturated rings. The fourth-order valence-corrected chi connectivity index (χ4v) is 3.86. The van der Waals surface area contributed by atoms with E-state index in [4.69, 9.17) is 14.0 Å². The van der Waals surface area contributed by atoms with Gasteiger partial charge in [0.1, 0.15) is 11.5 Å². The molecule has 0 unspecified atom stereocenters. The van der Waals surface area contributed by atoms with Gasteiger partial charge in [-0.25, -0.2) is 0 Å². The summed E-state index contributed by atoms with van der Waals surface area (Å²) in [6.45, 7) is 3.43. The quantitative estimate of drug-likeness (QED) is 0.443. The maximum absolute atomic E-state index is 5.50. The van der Waals surface area contributed by atoms with Gasteiger partial charge < -0.3 is 23.8 Å². The number of ether oxygens (including phenoxy) is 2. The maximum Gasteiger partial charge on any atom is 0.278 e. The predicted octanol–water partition coefficient (Wildman–Crippen LogP) is 3.54. The van der Waals surface area contributed by atoms with Crippen LogP contribution in [0.2, 0.25) is 0 Å². The lowest BCUT2D eigenvalue weighted by Crippen LogP contribution is -2.47. The van der Waals surface area contributed by atoms with Crippen LogP contribution in [-0.2, 0) is 0 Å². The molecule has 2 aromatic heterocycles. The largest absolute Gasteiger partial charge is 0.497 e. The molecule has 0 N–H and O–H groups in total. The first-order valence-electron chi connectivity index (χ1n) is 10.7. The van der Waals surface area contributed by atoms with E-state index in [1.165, 1.54) is 0 Å². The van der Waals surface area contributed by atoms with Crippen LogP contribution in [0.1, 0.15) is 0 Å². The molecule has 0 atom stereocenters. The van der Waals surface area contributed by atoms with E-state index in [1.54, 1.807) is 14.2 Å². The van der Waals surface area contributed by atoms with Crippen LogP contribution >= 0.6 is 0 Å². The zero-order valence-electron chi connectivity index (χ0n) is 18.5. The van der Waals surface area contributed by atoms with Gasteiger partial charge in [-0.05, 0) is 48.5 Å². The van der Waals surface area contributed by atoms with E-state index in [0.717, 1.165) is 54.7 Å². The molecule has 9 heteroatoms. The molecule has 0 saturated carbocycles. The summed E-state index contributed by atoms with van der Waals surface area (Å²) in [6.07, 6.45) is 0. The lowest BCUT2D eigenvalue weighted by atomic mass is 10.2. The second-order valence-corrected chi connectivity index (χ2v) is 7.57. The predicted molar refractivity (Wildman–Crippen MR) is 125 cm³/mol. The third-order valence-corrected chi connectivity index (χ3v) is 5.67. The molecule has 0 spiro atoms. The number of anilines is 2. The van der Waals surface area contributed by atoms with Crippen molar-refractivity contribution in [3.8, 4) is 34.5 Å². The number of benzene rings is 2. The summed E-state index contributed by atoms with van der Waals surface area (Å²) >= 11 is 0. The van der Waals surface area contributed by atoms with Crippen molar-refractivity contribution in [2.45, 2.75) is 0 Å². The average Bonchev–Trinajstić information content (AvgIpc) is 3.39. The standard InChI is InChI=1S/C24H24N6O3/c1-31-18-9-7-17(8-10-18)23-25-24(33-28-23)19-11-12-22(27-26-19)30-15-13-29(14-16-30)20-5-3-4-6-21(20)32-2/h3-12H,13-16H2,1-2H3. The van der Waals surface area contributed by atoms with E-state index in [9.17, 15) is 0 Å². The molecule has 0 amide bonds. The van der Waals surface area contributed by atoms with Crippen molar-refractivity contribution in [1.82, 2.24) is 20.3 Å². The van der Waals surface area contributed by atoms with Gasteiger partial charge in [-0.3, -0.25) is 0 Å². The molecule has 5 rings (SSSR count). The summed E-state index contributed by atoms with van der Waals surface area (Å²) in [5, 5.41) is 12.8. The van der Waals surface area contributed by atoms with Crippen molar-refractivity contribution in [2.75, 3.05) is 50.2 Å². The highest BCUT2D eigenvalue weighted by Gasteiger charge is 2.21. The van der Waals surface area contributed by atoms with Gasteiger partial charge in [0.25, 0.3) is 5.89 Å². The second kappa shape index (κ2) is 9.15. The van der Waals surface area contributed by atoms with Crippen molar-refractivity contribution >= 4 is 11.5 Å². The van der Waals surface area contributed by atoms with Crippen molar-refractivity contribution in [3.63, 3.8) is 0 Å². The Labute approximate surface area is 191 Å². The van der Waals surface area contributed by atoms with Crippen molar-refractivity contribution in [3.05, 3.63) is 60.7 Å². The molecule has 1 saturated heterocycles. The number of hydrogen-bond donors (Lipinski definition) is 0. The number of hydrogen-bond acceptors (Lipinski definition) is 9. The lowest BCUT2D eigenvalue weighted by Gasteiger charge is -2.37. The van der Waals surface area contributed by atoms with Crippen LogP contribution in [-0.4, -0.2) is 60.7 Å². The van der Waals surface area contributed by atoms with E-state index in [1.807, 2.05) is 54.6 Å².